The van der Waals surface area contributed by atoms with Crippen molar-refractivity contribution in [3.63, 3.8) is 0 Å². The van der Waals surface area contributed by atoms with Gasteiger partial charge < -0.3 is 10.1 Å². The lowest BCUT2D eigenvalue weighted by Gasteiger charge is -2.15. The molecule has 1 rings (SSSR count). The number of carbonyl (C=O) groups is 1. The second kappa shape index (κ2) is 9.85. The summed E-state index contributed by atoms with van der Waals surface area (Å²) in [5, 5.41) is 3.24. The minimum Gasteiger partial charge on any atom is -0.468 e. The molecule has 0 bridgehead atoms. The Balaban J connectivity index is 2.43. The van der Waals surface area contributed by atoms with Gasteiger partial charge in [-0.05, 0) is 43.0 Å². The molecule has 0 heterocycles. The molecular weight excluding hydrogens is 282 g/mol. The number of ether oxygens (including phenoxy) is 1. The predicted molar refractivity (Wildman–Crippen MR) is 90.0 cm³/mol. The highest BCUT2D eigenvalue weighted by Crippen LogP contribution is 2.22. The minimum absolute atomic E-state index is 0.167. The molecule has 4 heteroatoms. The van der Waals surface area contributed by atoms with E-state index < -0.39 is 0 Å². The van der Waals surface area contributed by atoms with Crippen LogP contribution in [0.4, 0.5) is 0 Å². The maximum atomic E-state index is 11.7. The van der Waals surface area contributed by atoms with Crippen LogP contribution < -0.4 is 5.32 Å². The van der Waals surface area contributed by atoms with Crippen LogP contribution >= 0.6 is 11.8 Å². The smallest absolute Gasteiger partial charge is 0.322 e. The van der Waals surface area contributed by atoms with Crippen LogP contribution in [0.2, 0.25) is 0 Å². The van der Waals surface area contributed by atoms with E-state index >= 15 is 0 Å². The largest absolute Gasteiger partial charge is 0.468 e. The van der Waals surface area contributed by atoms with Crippen LogP contribution in [0, 0.1) is 0 Å². The molecule has 1 unspecified atom stereocenters. The Morgan fingerprint density at radius 2 is 1.95 bits per heavy atom. The second-order valence-electron chi connectivity index (χ2n) is 5.39. The highest BCUT2D eigenvalue weighted by molar-refractivity contribution is 7.99. The Bertz CT molecular complexity index is 417. The number of esters is 1. The van der Waals surface area contributed by atoms with E-state index in [4.69, 9.17) is 4.74 Å². The van der Waals surface area contributed by atoms with E-state index in [0.717, 1.165) is 25.1 Å². The van der Waals surface area contributed by atoms with Crippen LogP contribution in [0.1, 0.15) is 45.1 Å². The maximum Gasteiger partial charge on any atom is 0.322 e. The van der Waals surface area contributed by atoms with Crippen LogP contribution in [0.25, 0.3) is 0 Å². The fourth-order valence-electron chi connectivity index (χ4n) is 2.01. The standard InChI is InChI=1S/C17H27NO2S/c1-5-11-18-16(17(19)20-4)10-12-21-15-8-6-14(7-9-15)13(2)3/h6-9,13,16,18H,5,10-12H2,1-4H3. The molecule has 118 valence electrons. The highest BCUT2D eigenvalue weighted by Gasteiger charge is 2.17. The first kappa shape index (κ1) is 18.1. The van der Waals surface area contributed by atoms with Crippen molar-refractivity contribution >= 4 is 17.7 Å². The van der Waals surface area contributed by atoms with Crippen LogP contribution in [-0.4, -0.2) is 31.4 Å². The summed E-state index contributed by atoms with van der Waals surface area (Å²) in [6.07, 6.45) is 1.79. The zero-order valence-corrected chi connectivity index (χ0v) is 14.3. The maximum absolute atomic E-state index is 11.7. The van der Waals surface area contributed by atoms with Crippen LogP contribution in [0.5, 0.6) is 0 Å². The molecule has 1 aromatic rings. The van der Waals surface area contributed by atoms with Crippen molar-refractivity contribution in [2.75, 3.05) is 19.4 Å². The molecule has 0 radical (unpaired) electrons. The van der Waals surface area contributed by atoms with Crippen molar-refractivity contribution in [1.82, 2.24) is 5.32 Å². The Morgan fingerprint density at radius 3 is 2.48 bits per heavy atom. The number of rotatable bonds is 9. The van der Waals surface area contributed by atoms with Gasteiger partial charge in [0.05, 0.1) is 7.11 Å². The van der Waals surface area contributed by atoms with E-state index in [-0.39, 0.29) is 12.0 Å². The van der Waals surface area contributed by atoms with Gasteiger partial charge in [0.25, 0.3) is 0 Å². The second-order valence-corrected chi connectivity index (χ2v) is 6.56. The molecule has 0 amide bonds. The molecular formula is C17H27NO2S. The van der Waals surface area contributed by atoms with Crippen molar-refractivity contribution in [2.24, 2.45) is 0 Å². The quantitative estimate of drug-likeness (QED) is 0.556. The number of benzene rings is 1. The lowest BCUT2D eigenvalue weighted by Crippen LogP contribution is -2.38. The van der Waals surface area contributed by atoms with Gasteiger partial charge >= 0.3 is 5.97 Å². The number of nitrogens with one attached hydrogen (secondary N) is 1. The number of carbonyl (C=O) groups excluding carboxylic acids is 1. The average molecular weight is 309 g/mol. The van der Waals surface area contributed by atoms with E-state index in [1.165, 1.54) is 17.6 Å². The first-order valence-electron chi connectivity index (χ1n) is 7.62. The molecule has 3 nitrogen and oxygen atoms in total. The number of hydrogen-bond donors (Lipinski definition) is 1. The number of hydrogen-bond acceptors (Lipinski definition) is 4. The van der Waals surface area contributed by atoms with E-state index in [1.54, 1.807) is 11.8 Å². The molecule has 0 aliphatic carbocycles. The lowest BCUT2D eigenvalue weighted by molar-refractivity contribution is -0.143. The van der Waals surface area contributed by atoms with E-state index in [2.05, 4.69) is 50.4 Å². The van der Waals surface area contributed by atoms with Gasteiger partial charge in [0, 0.05) is 10.6 Å². The Kier molecular flexibility index (Phi) is 8.47. The zero-order valence-electron chi connectivity index (χ0n) is 13.5. The lowest BCUT2D eigenvalue weighted by atomic mass is 10.0. The van der Waals surface area contributed by atoms with E-state index in [1.807, 2.05) is 0 Å². The third-order valence-corrected chi connectivity index (χ3v) is 4.39. The summed E-state index contributed by atoms with van der Waals surface area (Å²) in [7, 11) is 1.45. The van der Waals surface area contributed by atoms with Gasteiger partial charge in [-0.2, -0.15) is 0 Å². The van der Waals surface area contributed by atoms with Crippen molar-refractivity contribution in [1.29, 1.82) is 0 Å². The molecule has 21 heavy (non-hydrogen) atoms. The van der Waals surface area contributed by atoms with E-state index in [0.29, 0.717) is 5.92 Å². The van der Waals surface area contributed by atoms with Crippen molar-refractivity contribution in [3.8, 4) is 0 Å². The van der Waals surface area contributed by atoms with Gasteiger partial charge in [-0.25, -0.2) is 0 Å². The first-order chi connectivity index (χ1) is 10.1. The molecule has 0 fully saturated rings. The SMILES string of the molecule is CCCNC(CCSc1ccc(C(C)C)cc1)C(=O)OC. The molecule has 0 spiro atoms. The van der Waals surface area contributed by atoms with Gasteiger partial charge in [0.1, 0.15) is 6.04 Å². The van der Waals surface area contributed by atoms with Crippen LogP contribution in [-0.2, 0) is 9.53 Å². The summed E-state index contributed by atoms with van der Waals surface area (Å²) in [5.41, 5.74) is 1.36. The predicted octanol–water partition coefficient (Wildman–Crippen LogP) is 3.83. The third kappa shape index (κ3) is 6.53. The molecule has 0 saturated heterocycles. The summed E-state index contributed by atoms with van der Waals surface area (Å²) < 4.78 is 4.84. The van der Waals surface area contributed by atoms with Crippen LogP contribution in [0.15, 0.2) is 29.2 Å². The summed E-state index contributed by atoms with van der Waals surface area (Å²) in [5.74, 6) is 1.29. The van der Waals surface area contributed by atoms with E-state index in [9.17, 15) is 4.79 Å². The number of thioether (sulfide) groups is 1. The average Bonchev–Trinajstić information content (AvgIpc) is 2.50. The molecule has 1 aromatic carbocycles. The van der Waals surface area contributed by atoms with Gasteiger partial charge in [0.15, 0.2) is 0 Å². The van der Waals surface area contributed by atoms with Crippen molar-refractivity contribution in [3.05, 3.63) is 29.8 Å². The Hall–Kier alpha value is -1.00. The molecule has 1 atom stereocenters. The Morgan fingerprint density at radius 1 is 1.29 bits per heavy atom. The molecule has 0 saturated carbocycles. The topological polar surface area (TPSA) is 38.3 Å². The van der Waals surface area contributed by atoms with Gasteiger partial charge in [-0.15, -0.1) is 11.8 Å². The normalized spacial score (nSPS) is 12.4. The minimum atomic E-state index is -0.197. The van der Waals surface area contributed by atoms with Crippen molar-refractivity contribution in [2.45, 2.75) is 50.5 Å². The Labute approximate surface area is 132 Å². The summed E-state index contributed by atoms with van der Waals surface area (Å²) >= 11 is 1.78. The summed E-state index contributed by atoms with van der Waals surface area (Å²) in [6, 6.07) is 8.48. The number of methoxy groups -OCH3 is 1. The monoisotopic (exact) mass is 309 g/mol. The molecule has 0 aliphatic heterocycles. The first-order valence-corrected chi connectivity index (χ1v) is 8.61. The third-order valence-electron chi connectivity index (χ3n) is 3.35. The van der Waals surface area contributed by atoms with Gasteiger partial charge in [-0.1, -0.05) is 32.9 Å². The molecule has 0 aromatic heterocycles. The summed E-state index contributed by atoms with van der Waals surface area (Å²) in [4.78, 5) is 12.9. The highest BCUT2D eigenvalue weighted by atomic mass is 32.2. The summed E-state index contributed by atoms with van der Waals surface area (Å²) in [6.45, 7) is 7.32. The zero-order chi connectivity index (χ0) is 15.7. The fourth-order valence-corrected chi connectivity index (χ4v) is 2.93. The van der Waals surface area contributed by atoms with Gasteiger partial charge in [-0.3, -0.25) is 4.79 Å². The van der Waals surface area contributed by atoms with Gasteiger partial charge in [0.2, 0.25) is 0 Å². The molecule has 0 aliphatic rings. The fraction of sp³-hybridized carbons (Fsp3) is 0.588. The molecule has 1 N–H and O–H groups in total. The van der Waals surface area contributed by atoms with Crippen molar-refractivity contribution < 1.29 is 9.53 Å². The van der Waals surface area contributed by atoms with Crippen LogP contribution in [0.3, 0.4) is 0 Å².